The van der Waals surface area contributed by atoms with Crippen molar-refractivity contribution >= 4 is 34.2 Å². The fourth-order valence-electron chi connectivity index (χ4n) is 4.88. The number of thiazole rings is 1. The third-order valence-corrected chi connectivity index (χ3v) is 7.38. The van der Waals surface area contributed by atoms with Crippen LogP contribution in [0, 0.1) is 5.92 Å². The maximum Gasteiger partial charge on any atom is 0.260 e. The van der Waals surface area contributed by atoms with Crippen molar-refractivity contribution in [2.75, 3.05) is 25.0 Å². The van der Waals surface area contributed by atoms with Crippen molar-refractivity contribution in [3.63, 3.8) is 0 Å². The second kappa shape index (κ2) is 11.0. The van der Waals surface area contributed by atoms with E-state index in [1.54, 1.807) is 35.4 Å². The first-order chi connectivity index (χ1) is 16.4. The van der Waals surface area contributed by atoms with E-state index in [1.165, 1.54) is 11.3 Å². The molecule has 3 unspecified atom stereocenters. The average Bonchev–Trinajstić information content (AvgIpc) is 3.35. The third kappa shape index (κ3) is 5.75. The van der Waals surface area contributed by atoms with Crippen LogP contribution in [0.5, 0.6) is 5.75 Å². The van der Waals surface area contributed by atoms with Gasteiger partial charge in [0, 0.05) is 42.3 Å². The summed E-state index contributed by atoms with van der Waals surface area (Å²) in [7, 11) is 0. The van der Waals surface area contributed by atoms with Gasteiger partial charge in [-0.3, -0.25) is 14.4 Å². The van der Waals surface area contributed by atoms with Crippen molar-refractivity contribution in [1.82, 2.24) is 14.8 Å². The predicted octanol–water partition coefficient (Wildman–Crippen LogP) is 3.80. The first kappa shape index (κ1) is 24.2. The Bertz CT molecular complexity index is 985. The molecule has 1 N–H and O–H groups in total. The second-order valence-electron chi connectivity index (χ2n) is 9.16. The van der Waals surface area contributed by atoms with Crippen molar-refractivity contribution in [1.29, 1.82) is 0 Å². The van der Waals surface area contributed by atoms with Crippen LogP contribution in [-0.2, 0) is 9.59 Å². The lowest BCUT2D eigenvalue weighted by molar-refractivity contribution is -0.139. The Morgan fingerprint density at radius 1 is 1.09 bits per heavy atom. The number of hydrogen-bond acceptors (Lipinski definition) is 6. The summed E-state index contributed by atoms with van der Waals surface area (Å²) in [6.45, 7) is 5.17. The van der Waals surface area contributed by atoms with Crippen LogP contribution in [0.4, 0.5) is 5.13 Å². The summed E-state index contributed by atoms with van der Waals surface area (Å²) >= 11 is 1.38. The van der Waals surface area contributed by atoms with Crippen LogP contribution in [0.1, 0.15) is 56.3 Å². The number of nitrogens with one attached hydrogen (secondary N) is 1. The van der Waals surface area contributed by atoms with Crippen molar-refractivity contribution in [3.05, 3.63) is 41.4 Å². The van der Waals surface area contributed by atoms with Crippen LogP contribution < -0.4 is 10.1 Å². The lowest BCUT2D eigenvalue weighted by atomic mass is 9.96. The zero-order valence-corrected chi connectivity index (χ0v) is 20.6. The van der Waals surface area contributed by atoms with Crippen LogP contribution in [-0.4, -0.2) is 64.3 Å². The molecule has 9 heteroatoms. The van der Waals surface area contributed by atoms with Crippen molar-refractivity contribution < 1.29 is 19.1 Å². The minimum Gasteiger partial charge on any atom is -0.484 e. The Morgan fingerprint density at radius 2 is 1.82 bits per heavy atom. The van der Waals surface area contributed by atoms with Crippen LogP contribution in [0.2, 0.25) is 0 Å². The summed E-state index contributed by atoms with van der Waals surface area (Å²) in [4.78, 5) is 46.0. The molecular weight excluding hydrogens is 452 g/mol. The lowest BCUT2D eigenvalue weighted by Crippen LogP contribution is -2.49. The number of likely N-dealkylation sites (tertiary alicyclic amines) is 2. The zero-order chi connectivity index (χ0) is 24.1. The molecule has 2 saturated heterocycles. The number of carbonyl (C=O) groups is 3. The summed E-state index contributed by atoms with van der Waals surface area (Å²) in [6.07, 6.45) is 6.37. The molecule has 1 aromatic carbocycles. The van der Waals surface area contributed by atoms with E-state index >= 15 is 0 Å². The monoisotopic (exact) mass is 484 g/mol. The highest BCUT2D eigenvalue weighted by molar-refractivity contribution is 7.13. The summed E-state index contributed by atoms with van der Waals surface area (Å²) in [5, 5.41) is 5.22. The number of ether oxygens (including phenoxy) is 1. The Labute approximate surface area is 204 Å². The quantitative estimate of drug-likeness (QED) is 0.673. The van der Waals surface area contributed by atoms with Gasteiger partial charge in [0.25, 0.3) is 11.8 Å². The molecule has 0 radical (unpaired) electrons. The van der Waals surface area contributed by atoms with Crippen LogP contribution >= 0.6 is 11.3 Å². The molecule has 34 heavy (non-hydrogen) atoms. The molecule has 0 bridgehead atoms. The molecule has 4 rings (SSSR count). The van der Waals surface area contributed by atoms with E-state index in [2.05, 4.69) is 24.1 Å². The number of carbonyl (C=O) groups excluding carboxylic acids is 3. The van der Waals surface area contributed by atoms with Crippen molar-refractivity contribution in [2.45, 2.75) is 58.0 Å². The van der Waals surface area contributed by atoms with Gasteiger partial charge < -0.3 is 19.9 Å². The van der Waals surface area contributed by atoms with Crippen molar-refractivity contribution in [3.8, 4) is 5.75 Å². The molecule has 8 nitrogen and oxygen atoms in total. The highest BCUT2D eigenvalue weighted by Crippen LogP contribution is 2.24. The van der Waals surface area contributed by atoms with Gasteiger partial charge in [0.2, 0.25) is 5.91 Å². The third-order valence-electron chi connectivity index (χ3n) is 6.69. The number of rotatable bonds is 6. The number of benzene rings is 1. The maximum atomic E-state index is 13.0. The predicted molar refractivity (Wildman–Crippen MR) is 131 cm³/mol. The van der Waals surface area contributed by atoms with E-state index in [1.807, 2.05) is 10.3 Å². The molecule has 3 amide bonds. The first-order valence-electron chi connectivity index (χ1n) is 12.0. The molecule has 3 heterocycles. The summed E-state index contributed by atoms with van der Waals surface area (Å²) in [6, 6.07) is 7.34. The highest BCUT2D eigenvalue weighted by Gasteiger charge is 2.30. The fourth-order valence-corrected chi connectivity index (χ4v) is 5.41. The van der Waals surface area contributed by atoms with Gasteiger partial charge in [0.1, 0.15) is 5.75 Å². The molecule has 2 aliphatic heterocycles. The number of hydrogen-bond donors (Lipinski definition) is 1. The topological polar surface area (TPSA) is 91.8 Å². The minimum absolute atomic E-state index is 0.00441. The smallest absolute Gasteiger partial charge is 0.260 e. The molecule has 3 atom stereocenters. The number of anilines is 1. The highest BCUT2D eigenvalue weighted by atomic mass is 32.1. The van der Waals surface area contributed by atoms with E-state index in [4.69, 9.17) is 4.74 Å². The summed E-state index contributed by atoms with van der Waals surface area (Å²) in [5.74, 6) is 0.0927. The van der Waals surface area contributed by atoms with E-state index in [0.29, 0.717) is 29.5 Å². The van der Waals surface area contributed by atoms with Gasteiger partial charge in [-0.1, -0.05) is 0 Å². The molecule has 0 aliphatic carbocycles. The van der Waals surface area contributed by atoms with Crippen molar-refractivity contribution in [2.24, 2.45) is 5.92 Å². The minimum atomic E-state index is -0.255. The molecular formula is C25H32N4O4S. The average molecular weight is 485 g/mol. The molecule has 0 saturated carbocycles. The number of amides is 3. The van der Waals surface area contributed by atoms with E-state index in [9.17, 15) is 14.4 Å². The largest absolute Gasteiger partial charge is 0.484 e. The molecule has 2 aliphatic rings. The van der Waals surface area contributed by atoms with Gasteiger partial charge in [-0.2, -0.15) is 0 Å². The number of aromatic nitrogens is 1. The van der Waals surface area contributed by atoms with Crippen LogP contribution in [0.25, 0.3) is 0 Å². The van der Waals surface area contributed by atoms with Crippen LogP contribution in [0.3, 0.4) is 0 Å². The van der Waals surface area contributed by atoms with Crippen LogP contribution in [0.15, 0.2) is 35.8 Å². The SMILES string of the molecule is CC1CCCC(C)N1C(=O)COc1ccc(C(=O)N2CCCC(C(=O)Nc3nccs3)C2)cc1. The van der Waals surface area contributed by atoms with E-state index in [-0.39, 0.29) is 42.3 Å². The zero-order valence-electron chi connectivity index (χ0n) is 19.7. The Hall–Kier alpha value is -2.94. The molecule has 2 fully saturated rings. The molecule has 182 valence electrons. The van der Waals surface area contributed by atoms with Gasteiger partial charge in [-0.15, -0.1) is 11.3 Å². The summed E-state index contributed by atoms with van der Waals surface area (Å²) < 4.78 is 5.72. The Balaban J connectivity index is 1.30. The maximum absolute atomic E-state index is 13.0. The van der Waals surface area contributed by atoms with E-state index < -0.39 is 0 Å². The Kier molecular flexibility index (Phi) is 7.82. The molecule has 0 spiro atoms. The molecule has 1 aromatic heterocycles. The van der Waals surface area contributed by atoms with Gasteiger partial charge in [0.05, 0.1) is 5.92 Å². The van der Waals surface area contributed by atoms with Gasteiger partial charge >= 0.3 is 0 Å². The van der Waals surface area contributed by atoms with Gasteiger partial charge in [-0.05, 0) is 70.2 Å². The number of nitrogens with zero attached hydrogens (tertiary/aromatic N) is 3. The van der Waals surface area contributed by atoms with Gasteiger partial charge in [-0.25, -0.2) is 4.98 Å². The molecule has 2 aromatic rings. The fraction of sp³-hybridized carbons (Fsp3) is 0.520. The lowest BCUT2D eigenvalue weighted by Gasteiger charge is -2.38. The summed E-state index contributed by atoms with van der Waals surface area (Å²) in [5.41, 5.74) is 0.540. The normalized spacial score (nSPS) is 22.8. The van der Waals surface area contributed by atoms with E-state index in [0.717, 1.165) is 32.1 Å². The van der Waals surface area contributed by atoms with Gasteiger partial charge in [0.15, 0.2) is 11.7 Å². The second-order valence-corrected chi connectivity index (χ2v) is 10.1. The standard InChI is InChI=1S/C25H32N4O4S/c1-17-5-3-6-18(2)29(17)22(30)16-33-21-10-8-19(9-11-21)24(32)28-13-4-7-20(15-28)23(31)27-25-26-12-14-34-25/h8-12,14,17-18,20H,3-7,13,15-16H2,1-2H3,(H,26,27,31). The Morgan fingerprint density at radius 3 is 2.50 bits per heavy atom. The first-order valence-corrected chi connectivity index (χ1v) is 12.8. The number of piperidine rings is 2.